The molecular weight excluding hydrogens is 277 g/mol. The van der Waals surface area contributed by atoms with E-state index in [-0.39, 0.29) is 12.5 Å². The van der Waals surface area contributed by atoms with Crippen molar-refractivity contribution in [3.8, 4) is 0 Å². The fourth-order valence-corrected chi connectivity index (χ4v) is 1.44. The maximum atomic E-state index is 12.1. The normalized spacial score (nSPS) is 14.5. The van der Waals surface area contributed by atoms with Crippen LogP contribution < -0.4 is 0 Å². The summed E-state index contributed by atoms with van der Waals surface area (Å²) in [6.07, 6.45) is -5.42. The third kappa shape index (κ3) is 8.01. The predicted octanol–water partition coefficient (Wildman–Crippen LogP) is 3.38. The molecule has 0 spiro atoms. The first-order valence-corrected chi connectivity index (χ1v) is 6.66. The van der Waals surface area contributed by atoms with Crippen LogP contribution in [0.3, 0.4) is 0 Å². The van der Waals surface area contributed by atoms with Crippen molar-refractivity contribution in [3.05, 3.63) is 0 Å². The summed E-state index contributed by atoms with van der Waals surface area (Å²) in [5, 5.41) is 0. The highest BCUT2D eigenvalue weighted by Gasteiger charge is 2.39. The molecule has 0 N–H and O–H groups in total. The van der Waals surface area contributed by atoms with E-state index in [2.05, 4.69) is 4.74 Å². The van der Waals surface area contributed by atoms with Crippen LogP contribution in [0.4, 0.5) is 13.2 Å². The van der Waals surface area contributed by atoms with Gasteiger partial charge in [-0.25, -0.2) is 0 Å². The van der Waals surface area contributed by atoms with Crippen molar-refractivity contribution < 1.29 is 32.2 Å². The van der Waals surface area contributed by atoms with E-state index in [9.17, 15) is 22.8 Å². The van der Waals surface area contributed by atoms with Crippen LogP contribution >= 0.6 is 0 Å². The molecule has 0 aromatic carbocycles. The van der Waals surface area contributed by atoms with E-state index in [1.165, 1.54) is 0 Å². The van der Waals surface area contributed by atoms with Gasteiger partial charge in [-0.3, -0.25) is 9.59 Å². The predicted molar refractivity (Wildman–Crippen MR) is 65.9 cm³/mol. The van der Waals surface area contributed by atoms with Gasteiger partial charge in [0.1, 0.15) is 6.10 Å². The molecule has 0 heterocycles. The van der Waals surface area contributed by atoms with Gasteiger partial charge in [-0.15, -0.1) is 0 Å². The first-order valence-electron chi connectivity index (χ1n) is 6.66. The Kier molecular flexibility index (Phi) is 8.25. The van der Waals surface area contributed by atoms with Crippen molar-refractivity contribution in [3.63, 3.8) is 0 Å². The number of rotatable bonds is 8. The highest BCUT2D eigenvalue weighted by Crippen LogP contribution is 2.22. The minimum Gasteiger partial charge on any atom is -0.462 e. The Morgan fingerprint density at radius 3 is 1.95 bits per heavy atom. The van der Waals surface area contributed by atoms with Crippen molar-refractivity contribution >= 4 is 11.9 Å². The summed E-state index contributed by atoms with van der Waals surface area (Å²) in [7, 11) is 0. The smallest absolute Gasteiger partial charge is 0.425 e. The molecule has 7 heteroatoms. The average Bonchev–Trinajstić information content (AvgIpc) is 2.34. The maximum absolute atomic E-state index is 12.1. The van der Waals surface area contributed by atoms with Crippen LogP contribution in [-0.2, 0) is 19.1 Å². The third-order valence-electron chi connectivity index (χ3n) is 2.67. The van der Waals surface area contributed by atoms with Gasteiger partial charge in [0.2, 0.25) is 0 Å². The van der Waals surface area contributed by atoms with Gasteiger partial charge >= 0.3 is 18.1 Å². The number of ether oxygens (including phenoxy) is 2. The molecule has 0 saturated heterocycles. The molecule has 0 fully saturated rings. The molecule has 0 radical (unpaired) electrons. The molecule has 2 unspecified atom stereocenters. The second kappa shape index (κ2) is 8.81. The van der Waals surface area contributed by atoms with E-state index >= 15 is 0 Å². The summed E-state index contributed by atoms with van der Waals surface area (Å²) in [5.41, 5.74) is 0. The molecular formula is C13H21F3O4. The van der Waals surface area contributed by atoms with Crippen molar-refractivity contribution in [2.24, 2.45) is 0 Å². The molecule has 0 amide bonds. The van der Waals surface area contributed by atoms with Crippen molar-refractivity contribution in [1.29, 1.82) is 0 Å². The number of halogens is 3. The lowest BCUT2D eigenvalue weighted by atomic mass is 10.1. The minimum atomic E-state index is -4.59. The summed E-state index contributed by atoms with van der Waals surface area (Å²) in [6, 6.07) is 0. The molecule has 0 aliphatic heterocycles. The molecule has 0 aromatic heterocycles. The van der Waals surface area contributed by atoms with Crippen LogP contribution in [0.2, 0.25) is 0 Å². The molecule has 0 aliphatic carbocycles. The summed E-state index contributed by atoms with van der Waals surface area (Å²) in [5.74, 6) is -1.66. The number of hydrogen-bond donors (Lipinski definition) is 0. The molecule has 0 bridgehead atoms. The van der Waals surface area contributed by atoms with E-state index in [0.29, 0.717) is 6.42 Å². The Bertz CT molecular complexity index is 315. The van der Waals surface area contributed by atoms with Gasteiger partial charge in [-0.1, -0.05) is 20.3 Å². The third-order valence-corrected chi connectivity index (χ3v) is 2.67. The fraction of sp³-hybridized carbons (Fsp3) is 0.846. The van der Waals surface area contributed by atoms with Crippen LogP contribution in [0, 0.1) is 0 Å². The van der Waals surface area contributed by atoms with Gasteiger partial charge in [0, 0.05) is 0 Å². The Labute approximate surface area is 116 Å². The summed E-state index contributed by atoms with van der Waals surface area (Å²) in [4.78, 5) is 22.6. The van der Waals surface area contributed by atoms with Crippen molar-refractivity contribution in [2.45, 2.75) is 71.3 Å². The van der Waals surface area contributed by atoms with Crippen LogP contribution in [-0.4, -0.2) is 30.3 Å². The number of carbonyl (C=O) groups is 2. The van der Waals surface area contributed by atoms with Gasteiger partial charge in [0.25, 0.3) is 0 Å². The topological polar surface area (TPSA) is 52.6 Å². The molecule has 2 atom stereocenters. The summed E-state index contributed by atoms with van der Waals surface area (Å²) < 4.78 is 45.7. The SMILES string of the molecule is CCCC(CC)OC(=O)CCC(=O)OC(C)C(F)(F)F. The van der Waals surface area contributed by atoms with Crippen molar-refractivity contribution in [1.82, 2.24) is 0 Å². The summed E-state index contributed by atoms with van der Waals surface area (Å²) in [6.45, 7) is 4.56. The molecule has 0 saturated carbocycles. The van der Waals surface area contributed by atoms with E-state index in [1.54, 1.807) is 0 Å². The number of esters is 2. The van der Waals surface area contributed by atoms with E-state index in [4.69, 9.17) is 4.74 Å². The average molecular weight is 298 g/mol. The largest absolute Gasteiger partial charge is 0.462 e. The number of hydrogen-bond acceptors (Lipinski definition) is 4. The van der Waals surface area contributed by atoms with Crippen LogP contribution in [0.25, 0.3) is 0 Å². The molecule has 4 nitrogen and oxygen atoms in total. The lowest BCUT2D eigenvalue weighted by Crippen LogP contribution is -2.31. The lowest BCUT2D eigenvalue weighted by molar-refractivity contribution is -0.216. The zero-order chi connectivity index (χ0) is 15.8. The van der Waals surface area contributed by atoms with Gasteiger partial charge in [-0.05, 0) is 19.8 Å². The molecule has 0 aromatic rings. The number of carbonyl (C=O) groups excluding carboxylic acids is 2. The van der Waals surface area contributed by atoms with Crippen LogP contribution in [0.5, 0.6) is 0 Å². The second-order valence-corrected chi connectivity index (χ2v) is 4.48. The highest BCUT2D eigenvalue weighted by molar-refractivity contribution is 5.77. The van der Waals surface area contributed by atoms with E-state index < -0.39 is 30.6 Å². The Morgan fingerprint density at radius 1 is 1.05 bits per heavy atom. The Hall–Kier alpha value is -1.27. The van der Waals surface area contributed by atoms with Gasteiger partial charge < -0.3 is 9.47 Å². The second-order valence-electron chi connectivity index (χ2n) is 4.48. The zero-order valence-corrected chi connectivity index (χ0v) is 12.0. The van der Waals surface area contributed by atoms with Gasteiger partial charge in [0.15, 0.2) is 6.10 Å². The molecule has 20 heavy (non-hydrogen) atoms. The first-order chi connectivity index (χ1) is 9.20. The highest BCUT2D eigenvalue weighted by atomic mass is 19.4. The Balaban J connectivity index is 4.03. The minimum absolute atomic E-state index is 0.211. The Morgan fingerprint density at radius 2 is 1.55 bits per heavy atom. The van der Waals surface area contributed by atoms with Gasteiger partial charge in [0.05, 0.1) is 12.8 Å². The fourth-order valence-electron chi connectivity index (χ4n) is 1.44. The number of alkyl halides is 3. The van der Waals surface area contributed by atoms with Crippen molar-refractivity contribution in [2.75, 3.05) is 0 Å². The molecule has 0 rings (SSSR count). The lowest BCUT2D eigenvalue weighted by Gasteiger charge is -2.17. The molecule has 0 aliphatic rings. The van der Waals surface area contributed by atoms with Gasteiger partial charge in [-0.2, -0.15) is 13.2 Å². The van der Waals surface area contributed by atoms with Crippen LogP contribution in [0.1, 0.15) is 52.9 Å². The first kappa shape index (κ1) is 18.7. The summed E-state index contributed by atoms with van der Waals surface area (Å²) >= 11 is 0. The zero-order valence-electron chi connectivity index (χ0n) is 12.0. The van der Waals surface area contributed by atoms with Crippen LogP contribution in [0.15, 0.2) is 0 Å². The van der Waals surface area contributed by atoms with E-state index in [0.717, 1.165) is 19.8 Å². The maximum Gasteiger partial charge on any atom is 0.425 e. The quantitative estimate of drug-likeness (QED) is 0.645. The standard InChI is InChI=1S/C13H21F3O4/c1-4-6-10(5-2)20-12(18)8-7-11(17)19-9(3)13(14,15)16/h9-10H,4-8H2,1-3H3. The van der Waals surface area contributed by atoms with E-state index in [1.807, 2.05) is 13.8 Å². The monoisotopic (exact) mass is 298 g/mol. The molecule has 118 valence electrons.